The SMILES string of the molecule is CN(C)Cc1c[nH]c2ccc(-c3ccc(N4CC5CN(C)CC5C4)nn3)cc12. The Morgan fingerprint density at radius 1 is 1.04 bits per heavy atom. The molecule has 2 aromatic heterocycles. The van der Waals surface area contributed by atoms with Crippen molar-refractivity contribution in [1.82, 2.24) is 25.0 Å². The highest BCUT2D eigenvalue weighted by Crippen LogP contribution is 2.33. The minimum absolute atomic E-state index is 0.776. The molecular formula is C22H28N6. The summed E-state index contributed by atoms with van der Waals surface area (Å²) in [5.41, 5.74) is 4.52. The molecule has 0 radical (unpaired) electrons. The Bertz CT molecular complexity index is 962. The summed E-state index contributed by atoms with van der Waals surface area (Å²) in [6, 6.07) is 10.7. The predicted octanol–water partition coefficient (Wildman–Crippen LogP) is 2.68. The molecule has 2 saturated heterocycles. The third kappa shape index (κ3) is 3.16. The molecule has 28 heavy (non-hydrogen) atoms. The van der Waals surface area contributed by atoms with Crippen molar-refractivity contribution in [3.63, 3.8) is 0 Å². The third-order valence-corrected chi connectivity index (χ3v) is 6.19. The van der Waals surface area contributed by atoms with Gasteiger partial charge in [0.05, 0.1) is 5.69 Å². The van der Waals surface area contributed by atoms with E-state index in [2.05, 4.69) is 87.6 Å². The molecule has 1 aromatic carbocycles. The number of aromatic nitrogens is 3. The lowest BCUT2D eigenvalue weighted by Gasteiger charge is -2.19. The van der Waals surface area contributed by atoms with Gasteiger partial charge in [0.15, 0.2) is 5.82 Å². The van der Waals surface area contributed by atoms with E-state index in [4.69, 9.17) is 0 Å². The van der Waals surface area contributed by atoms with Gasteiger partial charge in [-0.15, -0.1) is 10.2 Å². The summed E-state index contributed by atoms with van der Waals surface area (Å²) in [7, 11) is 6.41. The zero-order valence-corrected chi connectivity index (χ0v) is 16.9. The maximum absolute atomic E-state index is 4.57. The van der Waals surface area contributed by atoms with Gasteiger partial charge in [-0.3, -0.25) is 0 Å². The minimum Gasteiger partial charge on any atom is -0.361 e. The largest absolute Gasteiger partial charge is 0.361 e. The molecule has 5 rings (SSSR count). The van der Waals surface area contributed by atoms with E-state index in [1.165, 1.54) is 29.6 Å². The Balaban J connectivity index is 1.37. The highest BCUT2D eigenvalue weighted by Gasteiger charge is 2.39. The fourth-order valence-corrected chi connectivity index (χ4v) is 4.87. The molecule has 0 bridgehead atoms. The predicted molar refractivity (Wildman–Crippen MR) is 113 cm³/mol. The van der Waals surface area contributed by atoms with Crippen LogP contribution in [0.1, 0.15) is 5.56 Å². The number of anilines is 1. The highest BCUT2D eigenvalue weighted by atomic mass is 15.3. The quantitative estimate of drug-likeness (QED) is 0.759. The molecule has 146 valence electrons. The van der Waals surface area contributed by atoms with Gasteiger partial charge < -0.3 is 19.7 Å². The third-order valence-electron chi connectivity index (χ3n) is 6.19. The van der Waals surface area contributed by atoms with Gasteiger partial charge in [-0.05, 0) is 62.8 Å². The maximum Gasteiger partial charge on any atom is 0.151 e. The van der Waals surface area contributed by atoms with Crippen molar-refractivity contribution in [3.05, 3.63) is 42.1 Å². The van der Waals surface area contributed by atoms with Crippen LogP contribution in [0.4, 0.5) is 5.82 Å². The number of fused-ring (bicyclic) bond motifs is 2. The Morgan fingerprint density at radius 3 is 2.50 bits per heavy atom. The van der Waals surface area contributed by atoms with Gasteiger partial charge in [-0.25, -0.2) is 0 Å². The summed E-state index contributed by atoms with van der Waals surface area (Å²) in [6.45, 7) is 5.54. The van der Waals surface area contributed by atoms with E-state index >= 15 is 0 Å². The molecule has 0 spiro atoms. The monoisotopic (exact) mass is 376 g/mol. The molecule has 3 aromatic rings. The van der Waals surface area contributed by atoms with E-state index in [0.717, 1.165) is 48.5 Å². The van der Waals surface area contributed by atoms with Crippen LogP contribution in [0, 0.1) is 11.8 Å². The average molecular weight is 377 g/mol. The van der Waals surface area contributed by atoms with E-state index in [9.17, 15) is 0 Å². The summed E-state index contributed by atoms with van der Waals surface area (Å²) in [6.07, 6.45) is 2.10. The summed E-state index contributed by atoms with van der Waals surface area (Å²) in [4.78, 5) is 10.4. The fraction of sp³-hybridized carbons (Fsp3) is 0.455. The molecule has 6 heteroatoms. The molecule has 6 nitrogen and oxygen atoms in total. The van der Waals surface area contributed by atoms with Crippen molar-refractivity contribution in [3.8, 4) is 11.3 Å². The second-order valence-corrected chi connectivity index (χ2v) is 8.74. The number of benzene rings is 1. The second-order valence-electron chi connectivity index (χ2n) is 8.74. The molecule has 2 fully saturated rings. The number of aromatic amines is 1. The average Bonchev–Trinajstić information content (AvgIpc) is 3.34. The number of H-pyrrole nitrogens is 1. The lowest BCUT2D eigenvalue weighted by atomic mass is 10.0. The fourth-order valence-electron chi connectivity index (χ4n) is 4.87. The molecule has 0 aliphatic carbocycles. The second kappa shape index (κ2) is 6.87. The van der Waals surface area contributed by atoms with Gasteiger partial charge >= 0.3 is 0 Å². The highest BCUT2D eigenvalue weighted by molar-refractivity contribution is 5.87. The van der Waals surface area contributed by atoms with Gasteiger partial charge in [0, 0.05) is 55.4 Å². The smallest absolute Gasteiger partial charge is 0.151 e. The Morgan fingerprint density at radius 2 is 1.82 bits per heavy atom. The Kier molecular flexibility index (Phi) is 4.33. The normalized spacial score (nSPS) is 22.5. The van der Waals surface area contributed by atoms with Gasteiger partial charge in [0.25, 0.3) is 0 Å². The number of hydrogen-bond donors (Lipinski definition) is 1. The van der Waals surface area contributed by atoms with E-state index in [0.29, 0.717) is 0 Å². The van der Waals surface area contributed by atoms with E-state index in [1.54, 1.807) is 0 Å². The molecule has 2 aliphatic rings. The van der Waals surface area contributed by atoms with Crippen LogP contribution in [0.3, 0.4) is 0 Å². The zero-order chi connectivity index (χ0) is 19.3. The number of nitrogens with one attached hydrogen (secondary N) is 1. The first-order chi connectivity index (χ1) is 13.6. The lowest BCUT2D eigenvalue weighted by molar-refractivity contribution is 0.387. The summed E-state index contributed by atoms with van der Waals surface area (Å²) < 4.78 is 0. The standard InChI is InChI=1S/C22H28N6/c1-26(2)10-16-9-23-21-5-4-15(8-19(16)21)20-6-7-22(25-24-20)28-13-17-11-27(3)12-18(17)14-28/h4-9,17-18,23H,10-14H2,1-3H3. The molecule has 2 aliphatic heterocycles. The van der Waals surface area contributed by atoms with Gasteiger partial charge in [0.2, 0.25) is 0 Å². The van der Waals surface area contributed by atoms with E-state index in [1.807, 2.05) is 0 Å². The molecule has 2 unspecified atom stereocenters. The van der Waals surface area contributed by atoms with Gasteiger partial charge in [-0.1, -0.05) is 6.07 Å². The first-order valence-corrected chi connectivity index (χ1v) is 10.1. The number of likely N-dealkylation sites (tertiary alicyclic amines) is 1. The van der Waals surface area contributed by atoms with Crippen molar-refractivity contribution in [1.29, 1.82) is 0 Å². The van der Waals surface area contributed by atoms with Crippen LogP contribution in [0.25, 0.3) is 22.2 Å². The van der Waals surface area contributed by atoms with Crippen LogP contribution in [0.2, 0.25) is 0 Å². The molecule has 1 N–H and O–H groups in total. The number of rotatable bonds is 4. The van der Waals surface area contributed by atoms with Crippen LogP contribution >= 0.6 is 0 Å². The van der Waals surface area contributed by atoms with E-state index in [-0.39, 0.29) is 0 Å². The summed E-state index contributed by atoms with van der Waals surface area (Å²) in [5.74, 6) is 2.56. The first kappa shape index (κ1) is 17.6. The number of hydrogen-bond acceptors (Lipinski definition) is 5. The van der Waals surface area contributed by atoms with Crippen LogP contribution in [0.5, 0.6) is 0 Å². The molecular weight excluding hydrogens is 348 g/mol. The molecule has 2 atom stereocenters. The maximum atomic E-state index is 4.57. The van der Waals surface area contributed by atoms with Crippen LogP contribution in [-0.2, 0) is 6.54 Å². The molecule has 0 amide bonds. The van der Waals surface area contributed by atoms with Crippen molar-refractivity contribution < 1.29 is 0 Å². The van der Waals surface area contributed by atoms with Crippen molar-refractivity contribution in [2.75, 3.05) is 52.2 Å². The topological polar surface area (TPSA) is 51.3 Å². The molecule has 0 saturated carbocycles. The van der Waals surface area contributed by atoms with Crippen LogP contribution < -0.4 is 4.90 Å². The van der Waals surface area contributed by atoms with Crippen molar-refractivity contribution >= 4 is 16.7 Å². The summed E-state index contributed by atoms with van der Waals surface area (Å²) >= 11 is 0. The Labute approximate surface area is 166 Å². The number of nitrogens with zero attached hydrogens (tertiary/aromatic N) is 5. The zero-order valence-electron chi connectivity index (χ0n) is 16.9. The van der Waals surface area contributed by atoms with Crippen molar-refractivity contribution in [2.24, 2.45) is 11.8 Å². The summed E-state index contributed by atoms with van der Waals surface area (Å²) in [5, 5.41) is 10.4. The molecule has 4 heterocycles. The van der Waals surface area contributed by atoms with Gasteiger partial charge in [0.1, 0.15) is 0 Å². The van der Waals surface area contributed by atoms with E-state index < -0.39 is 0 Å². The van der Waals surface area contributed by atoms with Crippen LogP contribution in [-0.4, -0.2) is 72.3 Å². The van der Waals surface area contributed by atoms with Gasteiger partial charge in [-0.2, -0.15) is 0 Å². The minimum atomic E-state index is 0.776. The lowest BCUT2D eigenvalue weighted by Crippen LogP contribution is -2.27. The van der Waals surface area contributed by atoms with Crippen molar-refractivity contribution in [2.45, 2.75) is 6.54 Å². The Hall–Kier alpha value is -2.44. The first-order valence-electron chi connectivity index (χ1n) is 10.1. The van der Waals surface area contributed by atoms with Crippen LogP contribution in [0.15, 0.2) is 36.5 Å².